The Morgan fingerprint density at radius 2 is 1.23 bits per heavy atom. The van der Waals surface area contributed by atoms with Gasteiger partial charge in [0.25, 0.3) is 11.8 Å². The van der Waals surface area contributed by atoms with Crippen LogP contribution in [0.3, 0.4) is 0 Å². The fraction of sp³-hybridized carbons (Fsp3) is 0.160. The van der Waals surface area contributed by atoms with E-state index in [9.17, 15) is 19.8 Å². The smallest absolute Gasteiger partial charge is 0.254 e. The van der Waals surface area contributed by atoms with Gasteiger partial charge in [0.15, 0.2) is 0 Å². The van der Waals surface area contributed by atoms with Gasteiger partial charge in [-0.25, -0.2) is 0 Å². The van der Waals surface area contributed by atoms with E-state index in [0.717, 1.165) is 27.3 Å². The minimum atomic E-state index is -0.493. The lowest BCUT2D eigenvalue weighted by Crippen LogP contribution is -2.41. The van der Waals surface area contributed by atoms with Gasteiger partial charge in [-0.2, -0.15) is 10.1 Å². The van der Waals surface area contributed by atoms with Gasteiger partial charge in [-0.05, 0) is 34.4 Å². The van der Waals surface area contributed by atoms with Crippen molar-refractivity contribution in [3.63, 3.8) is 0 Å². The number of carbonyl (C=O) groups is 2. The van der Waals surface area contributed by atoms with Crippen molar-refractivity contribution in [3.8, 4) is 11.5 Å². The predicted molar refractivity (Wildman–Crippen MR) is 113 cm³/mol. The van der Waals surface area contributed by atoms with Crippen molar-refractivity contribution in [2.75, 3.05) is 0 Å². The van der Waals surface area contributed by atoms with Crippen LogP contribution in [-0.2, 0) is 9.59 Å². The van der Waals surface area contributed by atoms with Crippen molar-refractivity contribution in [2.24, 2.45) is 16.9 Å². The zero-order chi connectivity index (χ0) is 21.3. The second-order valence-electron chi connectivity index (χ2n) is 8.24. The van der Waals surface area contributed by atoms with Crippen LogP contribution in [0.2, 0.25) is 0 Å². The third kappa shape index (κ3) is 2.36. The summed E-state index contributed by atoms with van der Waals surface area (Å²) in [7, 11) is 0. The summed E-state index contributed by atoms with van der Waals surface area (Å²) in [5, 5.41) is 24.6. The molecule has 1 saturated heterocycles. The Morgan fingerprint density at radius 1 is 0.742 bits per heavy atom. The highest BCUT2D eigenvalue weighted by Crippen LogP contribution is 2.60. The molecule has 1 aliphatic heterocycles. The van der Waals surface area contributed by atoms with Crippen LogP contribution in [0.25, 0.3) is 0 Å². The summed E-state index contributed by atoms with van der Waals surface area (Å²) in [6, 6.07) is 20.2. The van der Waals surface area contributed by atoms with Crippen LogP contribution >= 0.6 is 0 Å². The predicted octanol–water partition coefficient (Wildman–Crippen LogP) is 3.32. The van der Waals surface area contributed by atoms with E-state index in [1.54, 1.807) is 0 Å². The minimum Gasteiger partial charge on any atom is -0.508 e. The highest BCUT2D eigenvalue weighted by molar-refractivity contribution is 6.08. The first-order valence-corrected chi connectivity index (χ1v) is 10.2. The van der Waals surface area contributed by atoms with Crippen LogP contribution in [0.1, 0.15) is 39.7 Å². The Kier molecular flexibility index (Phi) is 3.63. The summed E-state index contributed by atoms with van der Waals surface area (Å²) in [6.45, 7) is 0. The first-order valence-electron chi connectivity index (χ1n) is 10.2. The molecule has 0 saturated carbocycles. The Bertz CT molecular complexity index is 1180. The van der Waals surface area contributed by atoms with E-state index in [-0.39, 0.29) is 35.1 Å². The summed E-state index contributed by atoms with van der Waals surface area (Å²) in [5.74, 6) is -2.24. The lowest BCUT2D eigenvalue weighted by molar-refractivity contribution is -0.139. The minimum absolute atomic E-state index is 0.0823. The molecule has 1 fully saturated rings. The molecule has 0 unspecified atom stereocenters. The zero-order valence-electron chi connectivity index (χ0n) is 16.3. The van der Waals surface area contributed by atoms with Gasteiger partial charge in [-0.3, -0.25) is 9.59 Å². The van der Waals surface area contributed by atoms with Gasteiger partial charge >= 0.3 is 0 Å². The normalized spacial score (nSPS) is 25.6. The standard InChI is InChI=1S/C25H18N2O4/c28-14-10-9-13(19(29)11-14)12-26-27-24(30)22-20-15-5-1-2-6-16(15)21(23(22)25(27)31)18-8-4-3-7-17(18)20/h1-12,20-23,28-29H/b26-12+/t20?,21?,22-,23-/m1/s1. The number of imide groups is 1. The molecular weight excluding hydrogens is 392 g/mol. The molecule has 3 aromatic carbocycles. The van der Waals surface area contributed by atoms with Crippen molar-refractivity contribution in [3.05, 3.63) is 94.5 Å². The topological polar surface area (TPSA) is 90.2 Å². The Morgan fingerprint density at radius 3 is 1.68 bits per heavy atom. The molecule has 6 nitrogen and oxygen atoms in total. The van der Waals surface area contributed by atoms with Gasteiger partial charge < -0.3 is 10.2 Å². The molecule has 6 heteroatoms. The van der Waals surface area contributed by atoms with E-state index in [4.69, 9.17) is 0 Å². The van der Waals surface area contributed by atoms with Crippen LogP contribution in [0.5, 0.6) is 11.5 Å². The fourth-order valence-corrected chi connectivity index (χ4v) is 5.54. The van der Waals surface area contributed by atoms with Gasteiger partial charge in [0.1, 0.15) is 11.5 Å². The number of amides is 2. The van der Waals surface area contributed by atoms with E-state index in [1.807, 2.05) is 24.3 Å². The van der Waals surface area contributed by atoms with Gasteiger partial charge in [-0.15, -0.1) is 0 Å². The Hall–Kier alpha value is -3.93. The average molecular weight is 410 g/mol. The molecule has 0 aromatic heterocycles. The first-order chi connectivity index (χ1) is 15.1. The SMILES string of the molecule is O=C1[C@@H]2C3c4ccccc4C(c4ccccc43)[C@H]2C(=O)N1/N=C/c1ccc(O)cc1O. The molecule has 3 aliphatic carbocycles. The summed E-state index contributed by atoms with van der Waals surface area (Å²) in [6.07, 6.45) is 1.28. The highest BCUT2D eigenvalue weighted by atomic mass is 16.3. The van der Waals surface area contributed by atoms with Crippen molar-refractivity contribution in [1.29, 1.82) is 0 Å². The van der Waals surface area contributed by atoms with E-state index in [1.165, 1.54) is 24.4 Å². The van der Waals surface area contributed by atoms with Crippen LogP contribution in [0.4, 0.5) is 0 Å². The number of hydrogen-bond acceptors (Lipinski definition) is 5. The van der Waals surface area contributed by atoms with E-state index < -0.39 is 11.8 Å². The maximum Gasteiger partial charge on any atom is 0.254 e. The molecule has 2 bridgehead atoms. The third-order valence-electron chi connectivity index (χ3n) is 6.75. The molecule has 1 heterocycles. The quantitative estimate of drug-likeness (QED) is 0.501. The highest BCUT2D eigenvalue weighted by Gasteiger charge is 2.61. The maximum absolute atomic E-state index is 13.4. The van der Waals surface area contributed by atoms with Gasteiger partial charge in [0.05, 0.1) is 18.1 Å². The molecule has 3 aromatic rings. The number of carbonyl (C=O) groups excluding carboxylic acids is 2. The lowest BCUT2D eigenvalue weighted by Gasteiger charge is -2.45. The molecule has 4 aliphatic rings. The first kappa shape index (κ1) is 17.9. The molecule has 2 amide bonds. The third-order valence-corrected chi connectivity index (χ3v) is 6.75. The fourth-order valence-electron chi connectivity index (χ4n) is 5.54. The second-order valence-corrected chi connectivity index (χ2v) is 8.24. The molecule has 152 valence electrons. The van der Waals surface area contributed by atoms with Gasteiger partial charge in [0, 0.05) is 23.5 Å². The van der Waals surface area contributed by atoms with Crippen molar-refractivity contribution < 1.29 is 19.8 Å². The molecule has 31 heavy (non-hydrogen) atoms. The number of nitrogens with zero attached hydrogens (tertiary/aromatic N) is 2. The number of hydrogen-bond donors (Lipinski definition) is 2. The summed E-state index contributed by atoms with van der Waals surface area (Å²) >= 11 is 0. The molecule has 0 radical (unpaired) electrons. The summed E-state index contributed by atoms with van der Waals surface area (Å²) in [5.41, 5.74) is 4.74. The van der Waals surface area contributed by atoms with Gasteiger partial charge in [-0.1, -0.05) is 48.5 Å². The van der Waals surface area contributed by atoms with Crippen LogP contribution in [0.15, 0.2) is 71.8 Å². The number of benzene rings is 3. The number of phenolic OH excluding ortho intramolecular Hbond substituents is 2. The molecule has 0 spiro atoms. The van der Waals surface area contributed by atoms with Crippen molar-refractivity contribution in [1.82, 2.24) is 5.01 Å². The van der Waals surface area contributed by atoms with E-state index in [0.29, 0.717) is 5.56 Å². The molecule has 2 atom stereocenters. The Labute approximate surface area is 178 Å². The number of hydrazone groups is 1. The zero-order valence-corrected chi connectivity index (χ0v) is 16.3. The van der Waals surface area contributed by atoms with Crippen LogP contribution < -0.4 is 0 Å². The number of rotatable bonds is 2. The van der Waals surface area contributed by atoms with Crippen molar-refractivity contribution >= 4 is 18.0 Å². The van der Waals surface area contributed by atoms with Crippen LogP contribution in [0, 0.1) is 11.8 Å². The monoisotopic (exact) mass is 410 g/mol. The second kappa shape index (κ2) is 6.28. The van der Waals surface area contributed by atoms with Crippen molar-refractivity contribution in [2.45, 2.75) is 11.8 Å². The maximum atomic E-state index is 13.4. The van der Waals surface area contributed by atoms with Crippen LogP contribution in [-0.4, -0.2) is 33.3 Å². The Balaban J connectivity index is 1.45. The number of phenols is 2. The molecular formula is C25H18N2O4. The summed E-state index contributed by atoms with van der Waals surface area (Å²) in [4.78, 5) is 26.8. The summed E-state index contributed by atoms with van der Waals surface area (Å²) < 4.78 is 0. The van der Waals surface area contributed by atoms with E-state index >= 15 is 0 Å². The lowest BCUT2D eigenvalue weighted by atomic mass is 9.55. The van der Waals surface area contributed by atoms with E-state index in [2.05, 4.69) is 29.4 Å². The average Bonchev–Trinajstić information content (AvgIpc) is 3.04. The molecule has 7 rings (SSSR count). The largest absolute Gasteiger partial charge is 0.508 e. The molecule has 2 N–H and O–H groups in total. The van der Waals surface area contributed by atoms with Gasteiger partial charge in [0.2, 0.25) is 0 Å². The number of aromatic hydroxyl groups is 2.